The zero-order valence-corrected chi connectivity index (χ0v) is 13.4. The number of fused-ring (bicyclic) bond motifs is 1. The molecule has 6 heteroatoms. The van der Waals surface area contributed by atoms with Gasteiger partial charge in [-0.2, -0.15) is 5.10 Å². The fourth-order valence-corrected chi connectivity index (χ4v) is 2.74. The quantitative estimate of drug-likeness (QED) is 0.854. The van der Waals surface area contributed by atoms with E-state index in [1.807, 2.05) is 25.3 Å². The number of aryl methyl sites for hydroxylation is 1. The number of hydrogen-bond donors (Lipinski definition) is 1. The summed E-state index contributed by atoms with van der Waals surface area (Å²) in [5.41, 5.74) is 3.36. The van der Waals surface area contributed by atoms with Crippen molar-refractivity contribution in [2.24, 2.45) is 7.05 Å². The number of rotatable bonds is 5. The minimum absolute atomic E-state index is 0.0335. The molecule has 0 spiro atoms. The highest BCUT2D eigenvalue weighted by atomic mass is 16.5. The summed E-state index contributed by atoms with van der Waals surface area (Å²) in [7, 11) is 1.85. The number of allylic oxidation sites excluding steroid dienone is 1. The molecule has 0 aliphatic heterocycles. The predicted molar refractivity (Wildman–Crippen MR) is 88.0 cm³/mol. The molecule has 0 atom stereocenters. The number of aromatic nitrogens is 2. The average Bonchev–Trinajstić information content (AvgIpc) is 2.93. The van der Waals surface area contributed by atoms with Crippen LogP contribution in [0.15, 0.2) is 36.0 Å². The maximum Gasteiger partial charge on any atom is 0.306 e. The van der Waals surface area contributed by atoms with Gasteiger partial charge in [-0.15, -0.1) is 0 Å². The fourth-order valence-electron chi connectivity index (χ4n) is 2.74. The molecule has 1 heterocycles. The largest absolute Gasteiger partial charge is 0.493 e. The van der Waals surface area contributed by atoms with Crippen LogP contribution in [0, 0.1) is 0 Å². The Balaban J connectivity index is 1.70. The van der Waals surface area contributed by atoms with E-state index in [1.54, 1.807) is 23.0 Å². The zero-order valence-electron chi connectivity index (χ0n) is 13.4. The highest BCUT2D eigenvalue weighted by Crippen LogP contribution is 2.26. The molecule has 0 saturated carbocycles. The molecule has 1 N–H and O–H groups in total. The standard InChI is InChI=1S/C18H18N2O4/c1-20-16-7-4-13(18(23)15(16)11-19-20)10-12-2-5-14(6-3-12)24-9-8-17(21)22/h2-3,5-6,10-11H,4,7-9H2,1H3,(H,21,22)/b13-10+. The van der Waals surface area contributed by atoms with Gasteiger partial charge in [-0.25, -0.2) is 0 Å². The van der Waals surface area contributed by atoms with Crippen molar-refractivity contribution in [3.8, 4) is 5.75 Å². The highest BCUT2D eigenvalue weighted by molar-refractivity contribution is 6.12. The maximum atomic E-state index is 12.5. The number of hydrogen-bond acceptors (Lipinski definition) is 4. The normalized spacial score (nSPS) is 15.4. The minimum atomic E-state index is -0.887. The van der Waals surface area contributed by atoms with Gasteiger partial charge in [0, 0.05) is 18.3 Å². The molecule has 1 aliphatic rings. The van der Waals surface area contributed by atoms with E-state index in [1.165, 1.54) is 0 Å². The topological polar surface area (TPSA) is 81.4 Å². The zero-order chi connectivity index (χ0) is 17.1. The molecule has 0 unspecified atom stereocenters. The van der Waals surface area contributed by atoms with Crippen LogP contribution in [0.2, 0.25) is 0 Å². The number of nitrogens with zero attached hydrogens (tertiary/aromatic N) is 2. The first-order chi connectivity index (χ1) is 11.5. The summed E-state index contributed by atoms with van der Waals surface area (Å²) < 4.78 is 7.11. The van der Waals surface area contributed by atoms with Gasteiger partial charge >= 0.3 is 5.97 Å². The van der Waals surface area contributed by atoms with Crippen molar-refractivity contribution in [2.75, 3.05) is 6.61 Å². The van der Waals surface area contributed by atoms with Crippen molar-refractivity contribution < 1.29 is 19.4 Å². The summed E-state index contributed by atoms with van der Waals surface area (Å²) in [6.07, 6.45) is 4.99. The van der Waals surface area contributed by atoms with E-state index in [4.69, 9.17) is 9.84 Å². The number of aliphatic carboxylic acids is 1. The summed E-state index contributed by atoms with van der Waals surface area (Å²) in [6.45, 7) is 0.137. The van der Waals surface area contributed by atoms with Crippen LogP contribution < -0.4 is 4.74 Å². The monoisotopic (exact) mass is 326 g/mol. The summed E-state index contributed by atoms with van der Waals surface area (Å²) in [5.74, 6) is -0.240. The Labute approximate surface area is 139 Å². The second-order valence-corrected chi connectivity index (χ2v) is 5.69. The molecule has 0 bridgehead atoms. The molecule has 0 saturated heterocycles. The summed E-state index contributed by atoms with van der Waals surface area (Å²) >= 11 is 0. The lowest BCUT2D eigenvalue weighted by molar-refractivity contribution is -0.137. The number of Topliss-reactive ketones (excluding diaryl/α,β-unsaturated/α-hetero) is 1. The second kappa shape index (κ2) is 6.70. The summed E-state index contributed by atoms with van der Waals surface area (Å²) in [4.78, 5) is 23.0. The molecule has 2 aromatic rings. The molecule has 1 aliphatic carbocycles. The first-order valence-electron chi connectivity index (χ1n) is 7.75. The van der Waals surface area contributed by atoms with E-state index in [0.717, 1.165) is 23.3 Å². The first kappa shape index (κ1) is 16.0. The van der Waals surface area contributed by atoms with Gasteiger partial charge < -0.3 is 9.84 Å². The van der Waals surface area contributed by atoms with Crippen LogP contribution in [0.4, 0.5) is 0 Å². The van der Waals surface area contributed by atoms with Crippen molar-refractivity contribution in [1.82, 2.24) is 9.78 Å². The van der Waals surface area contributed by atoms with E-state index >= 15 is 0 Å². The first-order valence-corrected chi connectivity index (χ1v) is 7.75. The minimum Gasteiger partial charge on any atom is -0.493 e. The van der Waals surface area contributed by atoms with Gasteiger partial charge in [0.25, 0.3) is 0 Å². The molecule has 1 aromatic carbocycles. The molecule has 6 nitrogen and oxygen atoms in total. The Morgan fingerprint density at radius 3 is 2.79 bits per heavy atom. The van der Waals surface area contributed by atoms with Crippen molar-refractivity contribution >= 4 is 17.8 Å². The molecular weight excluding hydrogens is 308 g/mol. The Hall–Kier alpha value is -2.89. The van der Waals surface area contributed by atoms with Gasteiger partial charge in [0.1, 0.15) is 5.75 Å². The van der Waals surface area contributed by atoms with Crippen LogP contribution in [0.3, 0.4) is 0 Å². The van der Waals surface area contributed by atoms with E-state index in [2.05, 4.69) is 5.10 Å². The number of carboxylic acids is 1. The van der Waals surface area contributed by atoms with Crippen molar-refractivity contribution in [1.29, 1.82) is 0 Å². The van der Waals surface area contributed by atoms with Crippen LogP contribution in [-0.2, 0) is 18.3 Å². The third-order valence-electron chi connectivity index (χ3n) is 4.03. The van der Waals surface area contributed by atoms with Crippen LogP contribution in [0.5, 0.6) is 5.75 Å². The molecule has 0 amide bonds. The van der Waals surface area contributed by atoms with E-state index in [-0.39, 0.29) is 18.8 Å². The highest BCUT2D eigenvalue weighted by Gasteiger charge is 2.24. The van der Waals surface area contributed by atoms with Crippen LogP contribution in [-0.4, -0.2) is 33.2 Å². The Morgan fingerprint density at radius 1 is 1.33 bits per heavy atom. The predicted octanol–water partition coefficient (Wildman–Crippen LogP) is 2.49. The van der Waals surface area contributed by atoms with Crippen molar-refractivity contribution in [2.45, 2.75) is 19.3 Å². The molecule has 1 aromatic heterocycles. The SMILES string of the molecule is Cn1ncc2c1CC/C(=C\c1ccc(OCCC(=O)O)cc1)C2=O. The molecular formula is C18H18N2O4. The van der Waals surface area contributed by atoms with Crippen molar-refractivity contribution in [3.05, 3.63) is 52.9 Å². The molecule has 3 rings (SSSR count). The number of carbonyl (C=O) groups excluding carboxylic acids is 1. The smallest absolute Gasteiger partial charge is 0.306 e. The lowest BCUT2D eigenvalue weighted by Gasteiger charge is -2.14. The number of ether oxygens (including phenoxy) is 1. The Kier molecular flexibility index (Phi) is 4.46. The third-order valence-corrected chi connectivity index (χ3v) is 4.03. The number of benzene rings is 1. The summed E-state index contributed by atoms with van der Waals surface area (Å²) in [6, 6.07) is 7.26. The molecule has 24 heavy (non-hydrogen) atoms. The molecule has 0 fully saturated rings. The van der Waals surface area contributed by atoms with Crippen LogP contribution >= 0.6 is 0 Å². The molecule has 124 valence electrons. The van der Waals surface area contributed by atoms with Gasteiger partial charge in [-0.1, -0.05) is 12.1 Å². The third kappa shape index (κ3) is 3.37. The Bertz CT molecular complexity index is 803. The van der Waals surface area contributed by atoms with Gasteiger partial charge in [0.05, 0.1) is 24.8 Å². The lowest BCUT2D eigenvalue weighted by Crippen LogP contribution is -2.14. The van der Waals surface area contributed by atoms with Crippen LogP contribution in [0.1, 0.15) is 34.5 Å². The van der Waals surface area contributed by atoms with E-state index in [0.29, 0.717) is 17.7 Å². The molecule has 0 radical (unpaired) electrons. The van der Waals surface area contributed by atoms with E-state index < -0.39 is 5.97 Å². The second-order valence-electron chi connectivity index (χ2n) is 5.69. The number of carboxylic acid groups (broad SMARTS) is 1. The van der Waals surface area contributed by atoms with Gasteiger partial charge in [-0.3, -0.25) is 14.3 Å². The van der Waals surface area contributed by atoms with Gasteiger partial charge in [-0.05, 0) is 36.6 Å². The average molecular weight is 326 g/mol. The van der Waals surface area contributed by atoms with Crippen molar-refractivity contribution in [3.63, 3.8) is 0 Å². The lowest BCUT2D eigenvalue weighted by atomic mass is 9.90. The maximum absolute atomic E-state index is 12.5. The number of carbonyl (C=O) groups is 2. The Morgan fingerprint density at radius 2 is 2.08 bits per heavy atom. The number of ketones is 1. The van der Waals surface area contributed by atoms with Gasteiger partial charge in [0.2, 0.25) is 0 Å². The fraction of sp³-hybridized carbons (Fsp3) is 0.278. The summed E-state index contributed by atoms with van der Waals surface area (Å²) in [5, 5.41) is 12.7. The van der Waals surface area contributed by atoms with E-state index in [9.17, 15) is 9.59 Å². The van der Waals surface area contributed by atoms with Crippen LogP contribution in [0.25, 0.3) is 6.08 Å². The van der Waals surface area contributed by atoms with Gasteiger partial charge in [0.15, 0.2) is 5.78 Å².